The van der Waals surface area contributed by atoms with Crippen molar-refractivity contribution in [3.05, 3.63) is 33.4 Å². The Bertz CT molecular complexity index is 347. The van der Waals surface area contributed by atoms with Crippen LogP contribution in [0.4, 0.5) is 0 Å². The molecular weight excluding hydrogens is 338 g/mol. The highest BCUT2D eigenvalue weighted by Gasteiger charge is 2.06. The van der Waals surface area contributed by atoms with Crippen LogP contribution in [0.25, 0.3) is 0 Å². The average Bonchev–Trinajstić information content (AvgIpc) is 2.25. The molecule has 0 radical (unpaired) electrons. The second kappa shape index (κ2) is 7.86. The maximum absolute atomic E-state index is 11.7. The van der Waals surface area contributed by atoms with Crippen molar-refractivity contribution < 1.29 is 4.79 Å². The lowest BCUT2D eigenvalue weighted by Crippen LogP contribution is -2.31. The second-order valence-electron chi connectivity index (χ2n) is 3.56. The van der Waals surface area contributed by atoms with Gasteiger partial charge in [-0.3, -0.25) is 4.79 Å². The summed E-state index contributed by atoms with van der Waals surface area (Å²) < 4.78 is 1.06. The third-order valence-electron chi connectivity index (χ3n) is 2.10. The van der Waals surface area contributed by atoms with Crippen LogP contribution in [0.3, 0.4) is 0 Å². The predicted molar refractivity (Wildman–Crippen MR) is 77.0 cm³/mol. The van der Waals surface area contributed by atoms with Crippen LogP contribution in [-0.4, -0.2) is 19.0 Å². The summed E-state index contributed by atoms with van der Waals surface area (Å²) in [7, 11) is 0. The number of nitrogens with two attached hydrogens (primary N) is 1. The number of carbonyl (C=O) groups is 1. The molecule has 1 atom stereocenters. The van der Waals surface area contributed by atoms with Gasteiger partial charge >= 0.3 is 0 Å². The molecule has 1 aromatic carbocycles. The molecule has 3 N–H and O–H groups in total. The molecule has 0 bridgehead atoms. The maximum atomic E-state index is 11.7. The minimum atomic E-state index is -0.0335. The molecule has 1 aromatic rings. The molecule has 0 aliphatic carbocycles. The van der Waals surface area contributed by atoms with E-state index < -0.39 is 0 Å². The molecule has 90 valence electrons. The van der Waals surface area contributed by atoms with E-state index in [0.29, 0.717) is 24.6 Å². The van der Waals surface area contributed by atoms with Crippen LogP contribution in [-0.2, 0) is 0 Å². The molecule has 1 rings (SSSR count). The van der Waals surface area contributed by atoms with Crippen LogP contribution in [0.15, 0.2) is 24.3 Å². The van der Waals surface area contributed by atoms with Gasteiger partial charge in [0.05, 0.1) is 0 Å². The SMILES string of the molecule is CC(CN)CNC(=O)c1cccc(I)c1.Cl. The molecule has 0 saturated carbocycles. The van der Waals surface area contributed by atoms with Gasteiger partial charge in [0.2, 0.25) is 0 Å². The molecule has 0 aromatic heterocycles. The van der Waals surface area contributed by atoms with Crippen LogP contribution in [0, 0.1) is 9.49 Å². The molecule has 3 nitrogen and oxygen atoms in total. The average molecular weight is 355 g/mol. The highest BCUT2D eigenvalue weighted by Crippen LogP contribution is 2.07. The lowest BCUT2D eigenvalue weighted by Gasteiger charge is -2.10. The van der Waals surface area contributed by atoms with E-state index in [1.165, 1.54) is 0 Å². The Hall–Kier alpha value is -0.330. The zero-order valence-corrected chi connectivity index (χ0v) is 12.0. The molecule has 0 spiro atoms. The molecule has 0 heterocycles. The van der Waals surface area contributed by atoms with Gasteiger partial charge in [0.1, 0.15) is 0 Å². The van der Waals surface area contributed by atoms with Crippen LogP contribution >= 0.6 is 35.0 Å². The Labute approximate surface area is 116 Å². The fourth-order valence-electron chi connectivity index (χ4n) is 1.08. The fraction of sp³-hybridized carbons (Fsp3) is 0.364. The Kier molecular flexibility index (Phi) is 7.70. The van der Waals surface area contributed by atoms with E-state index in [2.05, 4.69) is 27.9 Å². The summed E-state index contributed by atoms with van der Waals surface area (Å²) in [6, 6.07) is 7.51. The summed E-state index contributed by atoms with van der Waals surface area (Å²) in [6.07, 6.45) is 0. The fourth-order valence-corrected chi connectivity index (χ4v) is 1.63. The van der Waals surface area contributed by atoms with Gasteiger partial charge < -0.3 is 11.1 Å². The molecule has 0 aliphatic heterocycles. The van der Waals surface area contributed by atoms with E-state index in [1.54, 1.807) is 0 Å². The van der Waals surface area contributed by atoms with E-state index in [1.807, 2.05) is 31.2 Å². The van der Waals surface area contributed by atoms with Crippen molar-refractivity contribution >= 4 is 40.9 Å². The van der Waals surface area contributed by atoms with Gasteiger partial charge in [-0.25, -0.2) is 0 Å². The third-order valence-corrected chi connectivity index (χ3v) is 2.77. The molecule has 16 heavy (non-hydrogen) atoms. The first-order valence-electron chi connectivity index (χ1n) is 4.87. The normalized spacial score (nSPS) is 11.4. The zero-order chi connectivity index (χ0) is 11.3. The molecule has 0 aliphatic rings. The topological polar surface area (TPSA) is 55.1 Å². The van der Waals surface area contributed by atoms with Crippen LogP contribution in [0.2, 0.25) is 0 Å². The van der Waals surface area contributed by atoms with E-state index >= 15 is 0 Å². The van der Waals surface area contributed by atoms with Gasteiger partial charge in [0, 0.05) is 15.7 Å². The summed E-state index contributed by atoms with van der Waals surface area (Å²) >= 11 is 2.19. The first kappa shape index (κ1) is 15.7. The third kappa shape index (κ3) is 5.14. The number of hydrogen-bond donors (Lipinski definition) is 2. The summed E-state index contributed by atoms with van der Waals surface area (Å²) in [4.78, 5) is 11.7. The predicted octanol–water partition coefficient (Wildman–Crippen LogP) is 2.04. The summed E-state index contributed by atoms with van der Waals surface area (Å²) in [5, 5.41) is 2.85. The summed E-state index contributed by atoms with van der Waals surface area (Å²) in [5.41, 5.74) is 6.17. The lowest BCUT2D eigenvalue weighted by molar-refractivity contribution is 0.0948. The van der Waals surface area contributed by atoms with Crippen LogP contribution < -0.4 is 11.1 Å². The molecule has 5 heteroatoms. The first-order valence-corrected chi connectivity index (χ1v) is 5.95. The van der Waals surface area contributed by atoms with E-state index in [9.17, 15) is 4.79 Å². The number of rotatable bonds is 4. The monoisotopic (exact) mass is 354 g/mol. The Morgan fingerprint density at radius 2 is 2.25 bits per heavy atom. The number of benzene rings is 1. The van der Waals surface area contributed by atoms with Gasteiger partial charge in [-0.15, -0.1) is 12.4 Å². The van der Waals surface area contributed by atoms with E-state index in [-0.39, 0.29) is 18.3 Å². The number of carbonyl (C=O) groups excluding carboxylic acids is 1. The van der Waals surface area contributed by atoms with E-state index in [4.69, 9.17) is 5.73 Å². The van der Waals surface area contributed by atoms with Crippen molar-refractivity contribution in [1.82, 2.24) is 5.32 Å². The van der Waals surface area contributed by atoms with Crippen molar-refractivity contribution in [2.24, 2.45) is 11.7 Å². The quantitative estimate of drug-likeness (QED) is 0.813. The minimum absolute atomic E-state index is 0. The van der Waals surface area contributed by atoms with Crippen LogP contribution in [0.1, 0.15) is 17.3 Å². The standard InChI is InChI=1S/C11H15IN2O.ClH/c1-8(6-13)7-14-11(15)9-3-2-4-10(12)5-9;/h2-5,8H,6-7,13H2,1H3,(H,14,15);1H. The highest BCUT2D eigenvalue weighted by molar-refractivity contribution is 14.1. The molecule has 0 fully saturated rings. The Morgan fingerprint density at radius 3 is 2.81 bits per heavy atom. The number of hydrogen-bond acceptors (Lipinski definition) is 2. The number of halogens is 2. The van der Waals surface area contributed by atoms with Gasteiger partial charge in [-0.05, 0) is 53.3 Å². The van der Waals surface area contributed by atoms with Crippen molar-refractivity contribution in [1.29, 1.82) is 0 Å². The lowest BCUT2D eigenvalue weighted by atomic mass is 10.1. The Morgan fingerprint density at radius 1 is 1.56 bits per heavy atom. The highest BCUT2D eigenvalue weighted by atomic mass is 127. The first-order chi connectivity index (χ1) is 7.13. The second-order valence-corrected chi connectivity index (χ2v) is 4.81. The molecule has 1 amide bonds. The van der Waals surface area contributed by atoms with Crippen molar-refractivity contribution in [3.63, 3.8) is 0 Å². The van der Waals surface area contributed by atoms with Crippen molar-refractivity contribution in [2.45, 2.75) is 6.92 Å². The van der Waals surface area contributed by atoms with Gasteiger partial charge in [0.25, 0.3) is 5.91 Å². The van der Waals surface area contributed by atoms with Crippen molar-refractivity contribution in [3.8, 4) is 0 Å². The van der Waals surface area contributed by atoms with Crippen LogP contribution in [0.5, 0.6) is 0 Å². The van der Waals surface area contributed by atoms with E-state index in [0.717, 1.165) is 3.57 Å². The summed E-state index contributed by atoms with van der Waals surface area (Å²) in [6.45, 7) is 3.22. The largest absolute Gasteiger partial charge is 0.352 e. The van der Waals surface area contributed by atoms with Gasteiger partial charge in [-0.2, -0.15) is 0 Å². The maximum Gasteiger partial charge on any atom is 0.251 e. The zero-order valence-electron chi connectivity index (χ0n) is 9.07. The molecular formula is C11H16ClIN2O. The van der Waals surface area contributed by atoms with Gasteiger partial charge in [0.15, 0.2) is 0 Å². The summed E-state index contributed by atoms with van der Waals surface area (Å²) in [5.74, 6) is 0.283. The van der Waals surface area contributed by atoms with Crippen molar-refractivity contribution in [2.75, 3.05) is 13.1 Å². The number of amides is 1. The molecule has 1 unspecified atom stereocenters. The smallest absolute Gasteiger partial charge is 0.251 e. The minimum Gasteiger partial charge on any atom is -0.352 e. The van der Waals surface area contributed by atoms with Gasteiger partial charge in [-0.1, -0.05) is 13.0 Å². The number of nitrogens with one attached hydrogen (secondary N) is 1. The Balaban J connectivity index is 0.00000225. The molecule has 0 saturated heterocycles.